The molecule has 0 atom stereocenters. The highest BCUT2D eigenvalue weighted by Gasteiger charge is 2.25. The minimum atomic E-state index is 0.798. The third kappa shape index (κ3) is 0.870. The monoisotopic (exact) mass is 265 g/mol. The van der Waals surface area contributed by atoms with Gasteiger partial charge in [-0.3, -0.25) is 0 Å². The first-order valence-electron chi connectivity index (χ1n) is 6.97. The Labute approximate surface area is 118 Å². The second kappa shape index (κ2) is 2.91. The van der Waals surface area contributed by atoms with Crippen LogP contribution in [0.5, 0.6) is 0 Å². The molecule has 2 aliphatic rings. The first-order chi connectivity index (χ1) is 9.92. The van der Waals surface area contributed by atoms with Crippen LogP contribution >= 0.6 is 0 Å². The van der Waals surface area contributed by atoms with Crippen LogP contribution in [0.3, 0.4) is 0 Å². The maximum atomic E-state index is 2.41. The second-order valence-corrected chi connectivity index (χ2v) is 6.85. The maximum absolute atomic E-state index is 2.41. The first kappa shape index (κ1) is 9.62. The van der Waals surface area contributed by atoms with Crippen LogP contribution in [0, 0.1) is 0 Å². The molecule has 0 unspecified atom stereocenters. The van der Waals surface area contributed by atoms with Crippen LogP contribution in [-0.2, 0) is 0 Å². The van der Waals surface area contributed by atoms with Gasteiger partial charge in [-0.05, 0) is 54.2 Å². The highest BCUT2D eigenvalue weighted by Crippen LogP contribution is 2.48. The summed E-state index contributed by atoms with van der Waals surface area (Å²) in [4.78, 5) is 0. The van der Waals surface area contributed by atoms with Crippen molar-refractivity contribution in [3.8, 4) is 11.1 Å². The molecule has 6 rings (SSSR count). The molecule has 0 N–H and O–H groups in total. The Morgan fingerprint density at radius 1 is 0.550 bits per heavy atom. The molecule has 4 aromatic carbocycles. The minimum Gasteiger partial charge on any atom is -0.0687 e. The molecule has 20 heavy (non-hydrogen) atoms. The summed E-state index contributed by atoms with van der Waals surface area (Å²) in [5, 5.41) is 10.1. The molecule has 0 aromatic heterocycles. The van der Waals surface area contributed by atoms with Gasteiger partial charge in [-0.15, -0.1) is 0 Å². The summed E-state index contributed by atoms with van der Waals surface area (Å²) >= 11 is 0. The summed E-state index contributed by atoms with van der Waals surface area (Å²) in [5.74, 6) is 0. The lowest BCUT2D eigenvalue weighted by Gasteiger charge is -2.14. The Morgan fingerprint density at radius 3 is 1.95 bits per heavy atom. The van der Waals surface area contributed by atoms with Crippen LogP contribution in [0.4, 0.5) is 0 Å². The van der Waals surface area contributed by atoms with E-state index >= 15 is 0 Å². The fourth-order valence-electron chi connectivity index (χ4n) is 3.99. The summed E-state index contributed by atoms with van der Waals surface area (Å²) < 4.78 is 0. The van der Waals surface area contributed by atoms with E-state index in [9.17, 15) is 0 Å². The predicted octanol–water partition coefficient (Wildman–Crippen LogP) is 3.62. The molecule has 0 amide bonds. The third-order valence-electron chi connectivity index (χ3n) is 4.81. The van der Waals surface area contributed by atoms with Crippen LogP contribution in [0.2, 0.25) is 0 Å². The first-order valence-corrected chi connectivity index (χ1v) is 8.05. The zero-order valence-electron chi connectivity index (χ0n) is 10.7. The molecular weight excluding hydrogens is 256 g/mol. The molecule has 1 radical (unpaired) electrons. The topological polar surface area (TPSA) is 0 Å². The molecule has 89 valence electrons. The maximum Gasteiger partial charge on any atom is 0.0612 e. The van der Waals surface area contributed by atoms with Crippen molar-refractivity contribution in [2.45, 2.75) is 0 Å². The SMILES string of the molecule is C1=[Si]c2ccc3ccc4ccc5ccc1c1c5c4c3c2-1. The molecule has 0 nitrogen and oxygen atoms in total. The lowest BCUT2D eigenvalue weighted by molar-refractivity contribution is 1.76. The van der Waals surface area contributed by atoms with Crippen molar-refractivity contribution in [3.05, 3.63) is 54.1 Å². The van der Waals surface area contributed by atoms with E-state index in [1.54, 1.807) is 0 Å². The summed E-state index contributed by atoms with van der Waals surface area (Å²) in [6.07, 6.45) is 0. The summed E-state index contributed by atoms with van der Waals surface area (Å²) in [5.41, 5.74) is 6.86. The molecule has 0 bridgehead atoms. The molecule has 0 spiro atoms. The van der Waals surface area contributed by atoms with Gasteiger partial charge in [-0.25, -0.2) is 0 Å². The van der Waals surface area contributed by atoms with Gasteiger partial charge in [0.05, 0.1) is 9.13 Å². The van der Waals surface area contributed by atoms with E-state index in [2.05, 4.69) is 54.2 Å². The molecule has 0 fully saturated rings. The van der Waals surface area contributed by atoms with Crippen LogP contribution in [0.25, 0.3) is 43.4 Å². The van der Waals surface area contributed by atoms with Crippen molar-refractivity contribution in [1.29, 1.82) is 0 Å². The van der Waals surface area contributed by atoms with Crippen molar-refractivity contribution in [1.82, 2.24) is 0 Å². The Bertz CT molecular complexity index is 1050. The number of rotatable bonds is 0. The quantitative estimate of drug-likeness (QED) is 0.291. The summed E-state index contributed by atoms with van der Waals surface area (Å²) in [6, 6.07) is 18.3. The number of hydrogen-bond acceptors (Lipinski definition) is 0. The highest BCUT2D eigenvalue weighted by molar-refractivity contribution is 6.68. The van der Waals surface area contributed by atoms with Crippen LogP contribution in [0.15, 0.2) is 48.5 Å². The standard InChI is InChI=1S/C19H9Si/c1-2-11-5-6-13-9-20-14-8-7-12-4-3-10(1)15-16(11)18(13)19(14)17(12)15/h1-9H. The van der Waals surface area contributed by atoms with Crippen molar-refractivity contribution in [2.75, 3.05) is 0 Å². The Hall–Kier alpha value is -2.25. The smallest absolute Gasteiger partial charge is 0.0612 e. The van der Waals surface area contributed by atoms with Crippen LogP contribution < -0.4 is 5.19 Å². The van der Waals surface area contributed by atoms with E-state index in [0.717, 1.165) is 9.13 Å². The van der Waals surface area contributed by atoms with Gasteiger partial charge in [0, 0.05) is 0 Å². The lowest BCUT2D eigenvalue weighted by Crippen LogP contribution is -2.17. The van der Waals surface area contributed by atoms with Gasteiger partial charge in [0.1, 0.15) is 0 Å². The van der Waals surface area contributed by atoms with Gasteiger partial charge in [0.25, 0.3) is 0 Å². The van der Waals surface area contributed by atoms with E-state index in [1.807, 2.05) is 0 Å². The molecule has 4 aromatic rings. The van der Waals surface area contributed by atoms with Gasteiger partial charge in [-0.1, -0.05) is 54.2 Å². The van der Waals surface area contributed by atoms with E-state index in [0.29, 0.717) is 0 Å². The van der Waals surface area contributed by atoms with Crippen molar-refractivity contribution >= 4 is 52.3 Å². The molecule has 0 saturated carbocycles. The predicted molar refractivity (Wildman–Crippen MR) is 88.5 cm³/mol. The Kier molecular flexibility index (Phi) is 1.40. The summed E-state index contributed by atoms with van der Waals surface area (Å²) in [7, 11) is 0.798. The van der Waals surface area contributed by atoms with E-state index in [-0.39, 0.29) is 0 Å². The molecule has 1 aliphatic heterocycles. The zero-order valence-corrected chi connectivity index (χ0v) is 11.7. The zero-order chi connectivity index (χ0) is 12.8. The van der Waals surface area contributed by atoms with E-state index < -0.39 is 0 Å². The van der Waals surface area contributed by atoms with E-state index in [4.69, 9.17) is 0 Å². The van der Waals surface area contributed by atoms with Crippen LogP contribution in [-0.4, -0.2) is 14.8 Å². The van der Waals surface area contributed by atoms with Crippen molar-refractivity contribution < 1.29 is 0 Å². The Balaban J connectivity index is 2.16. The van der Waals surface area contributed by atoms with Gasteiger partial charge in [-0.2, -0.15) is 0 Å². The second-order valence-electron chi connectivity index (χ2n) is 5.73. The minimum absolute atomic E-state index is 0.798. The van der Waals surface area contributed by atoms with E-state index in [1.165, 1.54) is 54.2 Å². The van der Waals surface area contributed by atoms with Gasteiger partial charge in [0.15, 0.2) is 0 Å². The van der Waals surface area contributed by atoms with Gasteiger partial charge < -0.3 is 0 Å². The molecule has 1 heterocycles. The normalized spacial score (nSPS) is 13.8. The molecule has 1 aliphatic carbocycles. The molecular formula is C19H9Si. The van der Waals surface area contributed by atoms with Crippen molar-refractivity contribution in [2.24, 2.45) is 0 Å². The highest BCUT2D eigenvalue weighted by atomic mass is 28.2. The van der Waals surface area contributed by atoms with Gasteiger partial charge >= 0.3 is 0 Å². The fourth-order valence-corrected chi connectivity index (χ4v) is 5.12. The van der Waals surface area contributed by atoms with Gasteiger partial charge in [0.2, 0.25) is 0 Å². The Morgan fingerprint density at radius 2 is 1.15 bits per heavy atom. The fraction of sp³-hybridized carbons (Fsp3) is 0. The summed E-state index contributed by atoms with van der Waals surface area (Å²) in [6.45, 7) is 0. The lowest BCUT2D eigenvalue weighted by atomic mass is 9.97. The third-order valence-corrected chi connectivity index (χ3v) is 6.00. The molecule has 0 saturated heterocycles. The largest absolute Gasteiger partial charge is 0.0687 e. The average molecular weight is 265 g/mol. The number of benzene rings is 4. The average Bonchev–Trinajstić information content (AvgIpc) is 2.88. The van der Waals surface area contributed by atoms with Crippen molar-refractivity contribution in [3.63, 3.8) is 0 Å². The number of hydrogen-bond donors (Lipinski definition) is 0. The van der Waals surface area contributed by atoms with Crippen LogP contribution in [0.1, 0.15) is 5.56 Å². The molecule has 1 heteroatoms.